The molecule has 262 valence electrons. The van der Waals surface area contributed by atoms with Crippen LogP contribution >= 0.6 is 25.2 Å². The van der Waals surface area contributed by atoms with E-state index in [2.05, 4.69) is 58.3 Å². The summed E-state index contributed by atoms with van der Waals surface area (Å²) in [4.78, 5) is 54.6. The van der Waals surface area contributed by atoms with Gasteiger partial charge in [-0.25, -0.2) is 0 Å². The second kappa shape index (κ2) is 19.2. The first-order valence-electron chi connectivity index (χ1n) is 16.3. The first-order valence-corrected chi connectivity index (χ1v) is 17.7. The molecular formula is C37H48BrN6O4P. The van der Waals surface area contributed by atoms with Gasteiger partial charge in [-0.05, 0) is 67.6 Å². The van der Waals surface area contributed by atoms with Gasteiger partial charge in [-0.15, -0.1) is 0 Å². The normalized spacial score (nSPS) is 12.7. The summed E-state index contributed by atoms with van der Waals surface area (Å²) in [6.07, 6.45) is 0.490. The lowest BCUT2D eigenvalue weighted by molar-refractivity contribution is -0.130. The summed E-state index contributed by atoms with van der Waals surface area (Å²) < 4.78 is 0.946. The first kappa shape index (κ1) is 39.4. The van der Waals surface area contributed by atoms with E-state index in [1.165, 1.54) is 0 Å². The Hall–Kier alpha value is -4.05. The molecule has 0 saturated carbocycles. The second-order valence-electron chi connectivity index (χ2n) is 12.2. The number of nitrogens with one attached hydrogen (secondary N) is 5. The van der Waals surface area contributed by atoms with Crippen LogP contribution < -0.4 is 31.5 Å². The molecule has 0 radical (unpaired) electrons. The van der Waals surface area contributed by atoms with E-state index < -0.39 is 18.1 Å². The number of carbonyl (C=O) groups is 4. The van der Waals surface area contributed by atoms with Crippen LogP contribution in [0.4, 0.5) is 5.69 Å². The number of likely N-dealkylation sites (N-methyl/N-ethyl adjacent to an activating group) is 1. The van der Waals surface area contributed by atoms with Crippen molar-refractivity contribution in [3.8, 4) is 0 Å². The van der Waals surface area contributed by atoms with Gasteiger partial charge in [0.1, 0.15) is 6.04 Å². The Labute approximate surface area is 300 Å². The van der Waals surface area contributed by atoms with Crippen LogP contribution in [0.15, 0.2) is 89.3 Å². The van der Waals surface area contributed by atoms with Crippen molar-refractivity contribution in [3.63, 3.8) is 0 Å². The highest BCUT2D eigenvalue weighted by atomic mass is 79.9. The summed E-state index contributed by atoms with van der Waals surface area (Å²) in [5.41, 5.74) is 3.84. The minimum Gasteiger partial charge on any atom is -0.355 e. The highest BCUT2D eigenvalue weighted by Crippen LogP contribution is 2.24. The number of halogens is 1. The smallest absolute Gasteiger partial charge is 0.251 e. The number of nitrogens with zero attached hydrogens (tertiary/aromatic N) is 1. The van der Waals surface area contributed by atoms with E-state index >= 15 is 0 Å². The van der Waals surface area contributed by atoms with E-state index in [4.69, 9.17) is 0 Å². The molecule has 0 aliphatic rings. The molecule has 4 amide bonds. The maximum atomic E-state index is 13.9. The molecule has 10 nitrogen and oxygen atoms in total. The minimum absolute atomic E-state index is 0.0983. The molecule has 0 aliphatic carbocycles. The van der Waals surface area contributed by atoms with Gasteiger partial charge in [0.25, 0.3) is 11.8 Å². The summed E-state index contributed by atoms with van der Waals surface area (Å²) in [7, 11) is 4.34. The molecule has 3 aromatic rings. The zero-order chi connectivity index (χ0) is 36.1. The van der Waals surface area contributed by atoms with Gasteiger partial charge in [0, 0.05) is 59.4 Å². The summed E-state index contributed by atoms with van der Waals surface area (Å²) in [6.45, 7) is 12.3. The van der Waals surface area contributed by atoms with Crippen LogP contribution in [0.25, 0.3) is 0 Å². The number of anilines is 1. The fraction of sp³-hybridized carbons (Fsp3) is 0.351. The molecule has 3 aromatic carbocycles. The van der Waals surface area contributed by atoms with Crippen LogP contribution in [0.1, 0.15) is 59.5 Å². The Kier molecular flexibility index (Phi) is 15.4. The van der Waals surface area contributed by atoms with Gasteiger partial charge in [-0.3, -0.25) is 19.2 Å². The van der Waals surface area contributed by atoms with E-state index in [1.54, 1.807) is 37.1 Å². The number of hydrogen-bond acceptors (Lipinski definition) is 6. The van der Waals surface area contributed by atoms with Crippen molar-refractivity contribution < 1.29 is 19.2 Å². The summed E-state index contributed by atoms with van der Waals surface area (Å²) in [6, 6.07) is 20.7. The van der Waals surface area contributed by atoms with Crippen molar-refractivity contribution in [2.24, 2.45) is 5.92 Å². The van der Waals surface area contributed by atoms with Crippen LogP contribution in [-0.4, -0.2) is 61.9 Å². The number of benzene rings is 3. The molecule has 3 rings (SSSR count). The Balaban J connectivity index is 1.81. The fourth-order valence-electron chi connectivity index (χ4n) is 4.97. The third kappa shape index (κ3) is 12.4. The monoisotopic (exact) mass is 750 g/mol. The molecule has 0 spiro atoms. The van der Waals surface area contributed by atoms with Crippen molar-refractivity contribution in [1.82, 2.24) is 26.6 Å². The van der Waals surface area contributed by atoms with Gasteiger partial charge in [0.2, 0.25) is 11.8 Å². The topological polar surface area (TPSA) is 132 Å². The molecule has 0 aliphatic heterocycles. The Bertz CT molecular complexity index is 1600. The molecule has 4 atom stereocenters. The van der Waals surface area contributed by atoms with Crippen molar-refractivity contribution in [2.75, 3.05) is 25.0 Å². The second-order valence-corrected chi connectivity index (χ2v) is 13.8. The Morgan fingerprint density at radius 2 is 1.47 bits per heavy atom. The van der Waals surface area contributed by atoms with E-state index in [0.717, 1.165) is 15.6 Å². The van der Waals surface area contributed by atoms with Crippen LogP contribution in [-0.2, 0) is 22.6 Å². The van der Waals surface area contributed by atoms with Gasteiger partial charge in [0.15, 0.2) is 0 Å². The molecule has 0 fully saturated rings. The van der Waals surface area contributed by atoms with Gasteiger partial charge < -0.3 is 31.5 Å². The molecule has 0 bridgehead atoms. The van der Waals surface area contributed by atoms with Gasteiger partial charge >= 0.3 is 0 Å². The number of rotatable bonds is 17. The average Bonchev–Trinajstić information content (AvgIpc) is 3.08. The zero-order valence-corrected chi connectivity index (χ0v) is 31.5. The van der Waals surface area contributed by atoms with E-state index in [1.807, 2.05) is 75.4 Å². The molecule has 0 heterocycles. The zero-order valence-electron chi connectivity index (χ0n) is 28.8. The molecule has 49 heavy (non-hydrogen) atoms. The lowest BCUT2D eigenvalue weighted by Crippen LogP contribution is -2.55. The van der Waals surface area contributed by atoms with Gasteiger partial charge in [-0.1, -0.05) is 88.1 Å². The number of hydrogen-bond donors (Lipinski definition) is 5. The molecule has 12 heteroatoms. The lowest BCUT2D eigenvalue weighted by atomic mass is 10.0. The SMILES string of the molecule is C=C(P)N(C)c1cc(C(=O)NCc2ccc(Br)cc2)cc(C(=O)N[C@H](CNC(C)C(=O)N[C@H](C(=O)NCC)C(C)C)Cc2ccccc2)c1. The molecule has 2 unspecified atom stereocenters. The number of amides is 4. The fourth-order valence-corrected chi connectivity index (χ4v) is 5.38. The van der Waals surface area contributed by atoms with E-state index in [-0.39, 0.29) is 36.1 Å². The molecular weight excluding hydrogens is 703 g/mol. The van der Waals surface area contributed by atoms with Crippen LogP contribution in [0, 0.1) is 5.92 Å². The third-order valence-electron chi connectivity index (χ3n) is 7.95. The van der Waals surface area contributed by atoms with Gasteiger partial charge in [0.05, 0.1) is 6.04 Å². The Morgan fingerprint density at radius 1 is 0.837 bits per heavy atom. The molecule has 5 N–H and O–H groups in total. The van der Waals surface area contributed by atoms with Crippen molar-refractivity contribution in [2.45, 2.75) is 58.8 Å². The molecule has 0 aromatic heterocycles. The first-order chi connectivity index (χ1) is 23.3. The highest BCUT2D eigenvalue weighted by molar-refractivity contribution is 9.10. The average molecular weight is 752 g/mol. The quantitative estimate of drug-likeness (QED) is 0.127. The Morgan fingerprint density at radius 3 is 2.06 bits per heavy atom. The predicted molar refractivity (Wildman–Crippen MR) is 203 cm³/mol. The van der Waals surface area contributed by atoms with Crippen molar-refractivity contribution in [1.29, 1.82) is 0 Å². The summed E-state index contributed by atoms with van der Waals surface area (Å²) >= 11 is 3.42. The largest absolute Gasteiger partial charge is 0.355 e. The van der Waals surface area contributed by atoms with Gasteiger partial charge in [-0.2, -0.15) is 0 Å². The summed E-state index contributed by atoms with van der Waals surface area (Å²) in [5.74, 6) is -1.34. The third-order valence-corrected chi connectivity index (χ3v) is 8.86. The maximum absolute atomic E-state index is 13.9. The highest BCUT2D eigenvalue weighted by Gasteiger charge is 2.26. The number of carbonyl (C=O) groups excluding carboxylic acids is 4. The minimum atomic E-state index is -0.666. The standard InChI is InChI=1S/C37H48BrN6O4P/c1-7-39-37(48)33(23(2)3)43-34(45)24(4)40-22-31(17-26-11-9-8-10-12-26)42-36(47)29-18-28(19-32(20-29)44(6)25(5)49)35(46)41-21-27-13-15-30(38)16-14-27/h8-16,18-20,23-24,31,33,40H,5,7,17,21-22,49H2,1-4,6H3,(H,39,48)(H,41,46)(H,42,47)(H,43,45)/t24?,31-,33-/m0/s1. The van der Waals surface area contributed by atoms with Crippen LogP contribution in [0.3, 0.4) is 0 Å². The van der Waals surface area contributed by atoms with E-state index in [9.17, 15) is 19.2 Å². The molecule has 0 saturated heterocycles. The van der Waals surface area contributed by atoms with Crippen molar-refractivity contribution in [3.05, 3.63) is 112 Å². The maximum Gasteiger partial charge on any atom is 0.251 e. The van der Waals surface area contributed by atoms with E-state index in [0.29, 0.717) is 41.8 Å². The van der Waals surface area contributed by atoms with Crippen LogP contribution in [0.5, 0.6) is 0 Å². The van der Waals surface area contributed by atoms with Crippen LogP contribution in [0.2, 0.25) is 0 Å². The lowest BCUT2D eigenvalue weighted by Gasteiger charge is -2.26. The predicted octanol–water partition coefficient (Wildman–Crippen LogP) is 4.76. The summed E-state index contributed by atoms with van der Waals surface area (Å²) in [5, 5.41) is 14.9. The van der Waals surface area contributed by atoms with Crippen molar-refractivity contribution >= 4 is 54.5 Å².